The van der Waals surface area contributed by atoms with E-state index in [1.165, 1.54) is 5.56 Å². The Kier molecular flexibility index (Phi) is 6.43. The largest absolute Gasteiger partial charge is 0.372 e. The van der Waals surface area contributed by atoms with Crippen molar-refractivity contribution in [1.29, 1.82) is 0 Å². The second kappa shape index (κ2) is 8.61. The maximum atomic E-state index is 12.4. The average Bonchev–Trinajstić information content (AvgIpc) is 3.11. The summed E-state index contributed by atoms with van der Waals surface area (Å²) in [4.78, 5) is 12.4. The Morgan fingerprint density at radius 1 is 1.15 bits per heavy atom. The molecular formula is C21H25Cl2N2O2+. The monoisotopic (exact) mass is 407 g/mol. The third-order valence-electron chi connectivity index (χ3n) is 4.73. The van der Waals surface area contributed by atoms with Gasteiger partial charge in [0.05, 0.1) is 24.1 Å². The number of nitrogens with zero attached hydrogens (tertiary/aromatic N) is 1. The van der Waals surface area contributed by atoms with Crippen molar-refractivity contribution in [3.63, 3.8) is 0 Å². The first-order chi connectivity index (χ1) is 12.8. The van der Waals surface area contributed by atoms with Crippen LogP contribution in [0.15, 0.2) is 42.5 Å². The summed E-state index contributed by atoms with van der Waals surface area (Å²) in [6.07, 6.45) is 2.68. The Hall–Kier alpha value is -1.59. The number of hydrogen-bond donors (Lipinski definition) is 1. The number of carbonyl (C=O) groups excluding carboxylic acids is 1. The summed E-state index contributed by atoms with van der Waals surface area (Å²) >= 11 is 11.9. The molecule has 3 rings (SSSR count). The Morgan fingerprint density at radius 3 is 2.52 bits per heavy atom. The molecule has 2 aromatic rings. The molecule has 0 spiro atoms. The molecule has 0 bridgehead atoms. The zero-order valence-electron chi connectivity index (χ0n) is 15.7. The van der Waals surface area contributed by atoms with E-state index in [2.05, 4.69) is 31.5 Å². The van der Waals surface area contributed by atoms with Gasteiger partial charge in [-0.05, 0) is 43.2 Å². The van der Waals surface area contributed by atoms with Crippen LogP contribution in [0.4, 0.5) is 5.69 Å². The van der Waals surface area contributed by atoms with Gasteiger partial charge in [0, 0.05) is 23.4 Å². The molecule has 1 aliphatic heterocycles. The molecule has 1 saturated heterocycles. The summed E-state index contributed by atoms with van der Waals surface area (Å²) < 4.78 is 6.64. The highest BCUT2D eigenvalue weighted by atomic mass is 35.5. The number of rotatable bonds is 6. The molecule has 1 fully saturated rings. The number of nitrogens with one attached hydrogen (secondary N) is 1. The van der Waals surface area contributed by atoms with Crippen molar-refractivity contribution in [2.75, 3.05) is 32.6 Å². The molecule has 144 valence electrons. The van der Waals surface area contributed by atoms with Gasteiger partial charge in [0.1, 0.15) is 19.2 Å². The summed E-state index contributed by atoms with van der Waals surface area (Å²) in [5, 5.41) is 3.69. The third-order valence-corrected chi connectivity index (χ3v) is 5.47. The molecule has 2 aromatic carbocycles. The van der Waals surface area contributed by atoms with Crippen molar-refractivity contribution in [1.82, 2.24) is 0 Å². The molecular weight excluding hydrogens is 383 g/mol. The van der Waals surface area contributed by atoms with Crippen LogP contribution in [0.1, 0.15) is 28.8 Å². The van der Waals surface area contributed by atoms with Crippen LogP contribution in [-0.4, -0.2) is 43.7 Å². The molecule has 1 amide bonds. The minimum Gasteiger partial charge on any atom is -0.372 e. The molecule has 0 aliphatic carbocycles. The van der Waals surface area contributed by atoms with E-state index in [-0.39, 0.29) is 5.91 Å². The van der Waals surface area contributed by atoms with E-state index in [1.54, 1.807) is 18.2 Å². The summed E-state index contributed by atoms with van der Waals surface area (Å²) in [7, 11) is 4.45. The fourth-order valence-corrected chi connectivity index (χ4v) is 3.73. The Balaban J connectivity index is 1.59. The van der Waals surface area contributed by atoms with Gasteiger partial charge in [-0.25, -0.2) is 0 Å². The third kappa shape index (κ3) is 5.69. The zero-order chi connectivity index (χ0) is 19.4. The van der Waals surface area contributed by atoms with Crippen molar-refractivity contribution < 1.29 is 14.0 Å². The topological polar surface area (TPSA) is 38.3 Å². The molecule has 27 heavy (non-hydrogen) atoms. The minimum atomic E-state index is -0.212. The normalized spacial score (nSPS) is 17.1. The first-order valence-corrected chi connectivity index (χ1v) is 9.87. The van der Waals surface area contributed by atoms with E-state index in [0.717, 1.165) is 42.7 Å². The zero-order valence-corrected chi connectivity index (χ0v) is 17.2. The highest BCUT2D eigenvalue weighted by Gasteiger charge is 2.25. The van der Waals surface area contributed by atoms with Crippen molar-refractivity contribution in [3.05, 3.63) is 63.6 Å². The standard InChI is InChI=1S/C21H24Cl2N2O2/c1-25(2,14-18-4-3-11-27-18)13-15-5-8-17(9-6-15)24-21(26)16-7-10-19(22)20(23)12-16/h5-10,12,18H,3-4,11,13-14H2,1-2H3/p+1/t18-/m0/s1. The lowest BCUT2D eigenvalue weighted by Gasteiger charge is -2.32. The van der Waals surface area contributed by atoms with E-state index in [9.17, 15) is 4.79 Å². The quantitative estimate of drug-likeness (QED) is 0.683. The second-order valence-corrected chi connectivity index (χ2v) is 8.51. The number of benzene rings is 2. The minimum absolute atomic E-state index is 0.212. The number of amides is 1. The molecule has 4 nitrogen and oxygen atoms in total. The smallest absolute Gasteiger partial charge is 0.255 e. The Bertz CT molecular complexity index is 800. The van der Waals surface area contributed by atoms with Gasteiger partial charge >= 0.3 is 0 Å². The number of quaternary nitrogens is 1. The van der Waals surface area contributed by atoms with Crippen molar-refractivity contribution >= 4 is 34.8 Å². The molecule has 0 aromatic heterocycles. The van der Waals surface area contributed by atoms with Gasteiger partial charge in [-0.1, -0.05) is 35.3 Å². The van der Waals surface area contributed by atoms with Crippen LogP contribution in [0.2, 0.25) is 10.0 Å². The van der Waals surface area contributed by atoms with Gasteiger partial charge in [0.2, 0.25) is 0 Å². The lowest BCUT2D eigenvalue weighted by molar-refractivity contribution is -0.906. The number of likely N-dealkylation sites (N-methyl/N-ethyl adjacent to an activating group) is 1. The number of ether oxygens (including phenoxy) is 1. The predicted molar refractivity (Wildman–Crippen MR) is 111 cm³/mol. The van der Waals surface area contributed by atoms with Gasteiger partial charge in [-0.2, -0.15) is 0 Å². The van der Waals surface area contributed by atoms with Crippen molar-refractivity contribution in [2.45, 2.75) is 25.5 Å². The highest BCUT2D eigenvalue weighted by Crippen LogP contribution is 2.23. The second-order valence-electron chi connectivity index (χ2n) is 7.69. The Morgan fingerprint density at radius 2 is 1.89 bits per heavy atom. The summed E-state index contributed by atoms with van der Waals surface area (Å²) in [6, 6.07) is 12.8. The molecule has 0 radical (unpaired) electrons. The summed E-state index contributed by atoms with van der Waals surface area (Å²) in [5.41, 5.74) is 2.45. The molecule has 1 aliphatic rings. The highest BCUT2D eigenvalue weighted by molar-refractivity contribution is 6.42. The molecule has 1 atom stereocenters. The maximum Gasteiger partial charge on any atom is 0.255 e. The van der Waals surface area contributed by atoms with E-state index >= 15 is 0 Å². The van der Waals surface area contributed by atoms with Gasteiger partial charge in [-0.15, -0.1) is 0 Å². The van der Waals surface area contributed by atoms with Crippen molar-refractivity contribution in [2.24, 2.45) is 0 Å². The van der Waals surface area contributed by atoms with Gasteiger partial charge in [-0.3, -0.25) is 4.79 Å². The van der Waals surface area contributed by atoms with E-state index in [0.29, 0.717) is 21.7 Å². The summed E-state index contributed by atoms with van der Waals surface area (Å²) in [6.45, 7) is 2.81. The van der Waals surface area contributed by atoms with Crippen LogP contribution in [0.25, 0.3) is 0 Å². The SMILES string of the molecule is C[N+](C)(Cc1ccc(NC(=O)c2ccc(Cl)c(Cl)c2)cc1)C[C@@H]1CCCO1. The van der Waals surface area contributed by atoms with Crippen molar-refractivity contribution in [3.8, 4) is 0 Å². The van der Waals surface area contributed by atoms with Gasteiger partial charge in [0.15, 0.2) is 0 Å². The fraction of sp³-hybridized carbons (Fsp3) is 0.381. The van der Waals surface area contributed by atoms with E-state index in [4.69, 9.17) is 27.9 Å². The van der Waals surface area contributed by atoms with Crippen LogP contribution < -0.4 is 5.32 Å². The van der Waals surface area contributed by atoms with Crippen LogP contribution in [0.5, 0.6) is 0 Å². The molecule has 0 saturated carbocycles. The van der Waals surface area contributed by atoms with Crippen LogP contribution in [0.3, 0.4) is 0 Å². The fourth-order valence-electron chi connectivity index (χ4n) is 3.43. The van der Waals surface area contributed by atoms with E-state index < -0.39 is 0 Å². The van der Waals surface area contributed by atoms with Gasteiger partial charge in [0.25, 0.3) is 5.91 Å². The van der Waals surface area contributed by atoms with Gasteiger partial charge < -0.3 is 14.5 Å². The number of hydrogen-bond acceptors (Lipinski definition) is 2. The first kappa shape index (κ1) is 20.2. The van der Waals surface area contributed by atoms with Crippen LogP contribution in [-0.2, 0) is 11.3 Å². The van der Waals surface area contributed by atoms with Crippen LogP contribution >= 0.6 is 23.2 Å². The lowest BCUT2D eigenvalue weighted by atomic mass is 10.1. The predicted octanol–water partition coefficient (Wildman–Crippen LogP) is 5.00. The molecule has 6 heteroatoms. The molecule has 1 N–H and O–H groups in total. The van der Waals surface area contributed by atoms with E-state index in [1.807, 2.05) is 12.1 Å². The summed E-state index contributed by atoms with van der Waals surface area (Å²) in [5.74, 6) is -0.212. The number of halogens is 2. The first-order valence-electron chi connectivity index (χ1n) is 9.11. The number of anilines is 1. The lowest BCUT2D eigenvalue weighted by Crippen LogP contribution is -2.44. The molecule has 0 unspecified atom stereocenters. The Labute approximate surface area is 170 Å². The maximum absolute atomic E-state index is 12.4. The van der Waals surface area contributed by atoms with Crippen LogP contribution in [0, 0.1) is 0 Å². The average molecular weight is 408 g/mol. The molecule has 1 heterocycles. The number of carbonyl (C=O) groups is 1.